The molecule has 1 amide bonds. The first kappa shape index (κ1) is 12.0. The van der Waals surface area contributed by atoms with E-state index in [4.69, 9.17) is 0 Å². The van der Waals surface area contributed by atoms with Gasteiger partial charge in [-0.1, -0.05) is 6.42 Å². The molecule has 0 aromatic heterocycles. The average Bonchev–Trinajstić information content (AvgIpc) is 2.26. The summed E-state index contributed by atoms with van der Waals surface area (Å²) in [4.78, 5) is 12.1. The van der Waals surface area contributed by atoms with Crippen molar-refractivity contribution in [3.05, 3.63) is 30.1 Å². The smallest absolute Gasteiger partial charge is 0.231 e. The number of halogens is 1. The summed E-state index contributed by atoms with van der Waals surface area (Å²) in [5, 5.41) is 5.92. The summed E-state index contributed by atoms with van der Waals surface area (Å²) < 4.78 is 12.7. The summed E-state index contributed by atoms with van der Waals surface area (Å²) in [7, 11) is 1.85. The van der Waals surface area contributed by atoms with Gasteiger partial charge in [0.1, 0.15) is 5.82 Å². The number of amides is 1. The lowest BCUT2D eigenvalue weighted by molar-refractivity contribution is -0.129. The zero-order valence-corrected chi connectivity index (χ0v) is 9.92. The maximum absolute atomic E-state index is 12.7. The number of hydrogen-bond donors (Lipinski definition) is 2. The highest BCUT2D eigenvalue weighted by Gasteiger charge is 2.43. The molecule has 2 N–H and O–H groups in total. The molecule has 1 aliphatic rings. The van der Waals surface area contributed by atoms with Crippen LogP contribution in [-0.4, -0.2) is 19.5 Å². The van der Waals surface area contributed by atoms with Crippen LogP contribution in [0.2, 0.25) is 0 Å². The fraction of sp³-hybridized carbons (Fsp3) is 0.462. The van der Waals surface area contributed by atoms with Crippen LogP contribution in [0, 0.1) is 11.2 Å². The molecule has 3 nitrogen and oxygen atoms in total. The standard InChI is InChI=1S/C13H17FN2O/c1-15-9-13(7-2-8-13)12(17)16-11-5-3-10(14)4-6-11/h3-6,15H,2,7-9H2,1H3,(H,16,17). The van der Waals surface area contributed by atoms with Gasteiger partial charge in [0, 0.05) is 12.2 Å². The normalized spacial score (nSPS) is 17.3. The SMILES string of the molecule is CNCC1(C(=O)Nc2ccc(F)cc2)CCC1. The summed E-state index contributed by atoms with van der Waals surface area (Å²) in [6.45, 7) is 0.694. The molecule has 0 unspecified atom stereocenters. The van der Waals surface area contributed by atoms with Gasteiger partial charge in [-0.25, -0.2) is 4.39 Å². The number of anilines is 1. The number of carbonyl (C=O) groups excluding carboxylic acids is 1. The van der Waals surface area contributed by atoms with Crippen LogP contribution in [-0.2, 0) is 4.79 Å². The van der Waals surface area contributed by atoms with Gasteiger partial charge in [-0.15, -0.1) is 0 Å². The van der Waals surface area contributed by atoms with Crippen molar-refractivity contribution in [3.8, 4) is 0 Å². The van der Waals surface area contributed by atoms with Gasteiger partial charge in [-0.05, 0) is 44.2 Å². The molecule has 0 aliphatic heterocycles. The summed E-state index contributed by atoms with van der Waals surface area (Å²) in [5.41, 5.74) is 0.377. The summed E-state index contributed by atoms with van der Waals surface area (Å²) in [6, 6.07) is 5.86. The van der Waals surface area contributed by atoms with Gasteiger partial charge >= 0.3 is 0 Å². The quantitative estimate of drug-likeness (QED) is 0.841. The van der Waals surface area contributed by atoms with Gasteiger partial charge in [0.05, 0.1) is 5.41 Å². The molecule has 1 aromatic carbocycles. The van der Waals surface area contributed by atoms with E-state index < -0.39 is 0 Å². The lowest BCUT2D eigenvalue weighted by atomic mass is 9.68. The predicted octanol–water partition coefficient (Wildman–Crippen LogP) is 2.15. The number of benzene rings is 1. The molecule has 4 heteroatoms. The lowest BCUT2D eigenvalue weighted by Crippen LogP contribution is -2.48. The molecule has 0 radical (unpaired) electrons. The molecule has 0 heterocycles. The zero-order chi connectivity index (χ0) is 12.3. The van der Waals surface area contributed by atoms with Crippen LogP contribution in [0.15, 0.2) is 24.3 Å². The van der Waals surface area contributed by atoms with E-state index in [1.54, 1.807) is 12.1 Å². The van der Waals surface area contributed by atoms with E-state index in [2.05, 4.69) is 10.6 Å². The Morgan fingerprint density at radius 3 is 2.47 bits per heavy atom. The van der Waals surface area contributed by atoms with E-state index in [1.807, 2.05) is 7.05 Å². The van der Waals surface area contributed by atoms with Crippen molar-refractivity contribution in [3.63, 3.8) is 0 Å². The van der Waals surface area contributed by atoms with Gasteiger partial charge in [0.15, 0.2) is 0 Å². The minimum absolute atomic E-state index is 0.0321. The van der Waals surface area contributed by atoms with Gasteiger partial charge in [0.2, 0.25) is 5.91 Å². The third kappa shape index (κ3) is 2.47. The molecule has 0 bridgehead atoms. The minimum Gasteiger partial charge on any atom is -0.326 e. The monoisotopic (exact) mass is 236 g/mol. The Hall–Kier alpha value is -1.42. The second-order valence-corrected chi connectivity index (χ2v) is 4.63. The average molecular weight is 236 g/mol. The van der Waals surface area contributed by atoms with E-state index in [0.717, 1.165) is 19.3 Å². The Balaban J connectivity index is 2.03. The summed E-state index contributed by atoms with van der Waals surface area (Å²) >= 11 is 0. The second-order valence-electron chi connectivity index (χ2n) is 4.63. The van der Waals surface area contributed by atoms with E-state index in [-0.39, 0.29) is 17.1 Å². The predicted molar refractivity (Wildman–Crippen MR) is 65.2 cm³/mol. The molecule has 1 saturated carbocycles. The Morgan fingerprint density at radius 2 is 2.00 bits per heavy atom. The largest absolute Gasteiger partial charge is 0.326 e. The molecule has 0 spiro atoms. The molecule has 17 heavy (non-hydrogen) atoms. The Morgan fingerprint density at radius 1 is 1.35 bits per heavy atom. The molecule has 1 fully saturated rings. The number of hydrogen-bond acceptors (Lipinski definition) is 2. The van der Waals surface area contributed by atoms with Crippen molar-refractivity contribution in [2.45, 2.75) is 19.3 Å². The number of rotatable bonds is 4. The van der Waals surface area contributed by atoms with E-state index in [9.17, 15) is 9.18 Å². The maximum Gasteiger partial charge on any atom is 0.231 e. The van der Waals surface area contributed by atoms with Gasteiger partial charge in [0.25, 0.3) is 0 Å². The topological polar surface area (TPSA) is 41.1 Å². The van der Waals surface area contributed by atoms with Gasteiger partial charge in [-0.3, -0.25) is 4.79 Å². The highest BCUT2D eigenvalue weighted by atomic mass is 19.1. The third-order valence-corrected chi connectivity index (χ3v) is 3.41. The first-order valence-corrected chi connectivity index (χ1v) is 5.88. The van der Waals surface area contributed by atoms with Crippen LogP contribution in [0.3, 0.4) is 0 Å². The van der Waals surface area contributed by atoms with Crippen LogP contribution < -0.4 is 10.6 Å². The van der Waals surface area contributed by atoms with Crippen molar-refractivity contribution in [1.82, 2.24) is 5.32 Å². The van der Waals surface area contributed by atoms with E-state index in [0.29, 0.717) is 12.2 Å². The maximum atomic E-state index is 12.7. The van der Waals surface area contributed by atoms with Crippen molar-refractivity contribution in [1.29, 1.82) is 0 Å². The fourth-order valence-electron chi connectivity index (χ4n) is 2.22. The molecule has 2 rings (SSSR count). The van der Waals surface area contributed by atoms with Crippen LogP contribution in [0.1, 0.15) is 19.3 Å². The highest BCUT2D eigenvalue weighted by molar-refractivity contribution is 5.96. The first-order chi connectivity index (χ1) is 8.16. The molecule has 1 aromatic rings. The minimum atomic E-state index is -0.295. The van der Waals surface area contributed by atoms with Gasteiger partial charge < -0.3 is 10.6 Å². The Labute approximate surface area is 100 Å². The Kier molecular flexibility index (Phi) is 3.43. The fourth-order valence-corrected chi connectivity index (χ4v) is 2.22. The summed E-state index contributed by atoms with van der Waals surface area (Å²) in [5.74, 6) is -0.263. The molecular weight excluding hydrogens is 219 g/mol. The van der Waals surface area contributed by atoms with E-state index in [1.165, 1.54) is 12.1 Å². The van der Waals surface area contributed by atoms with Crippen LogP contribution in [0.5, 0.6) is 0 Å². The molecule has 92 valence electrons. The number of nitrogens with one attached hydrogen (secondary N) is 2. The molecule has 1 aliphatic carbocycles. The molecule has 0 atom stereocenters. The molecular formula is C13H17FN2O. The van der Waals surface area contributed by atoms with Crippen molar-refractivity contribution in [2.75, 3.05) is 18.9 Å². The highest BCUT2D eigenvalue weighted by Crippen LogP contribution is 2.41. The van der Waals surface area contributed by atoms with Crippen molar-refractivity contribution in [2.24, 2.45) is 5.41 Å². The van der Waals surface area contributed by atoms with Crippen molar-refractivity contribution < 1.29 is 9.18 Å². The molecule has 0 saturated heterocycles. The summed E-state index contributed by atoms with van der Waals surface area (Å²) in [6.07, 6.45) is 2.93. The third-order valence-electron chi connectivity index (χ3n) is 3.41. The van der Waals surface area contributed by atoms with Crippen molar-refractivity contribution >= 4 is 11.6 Å². The number of carbonyl (C=O) groups is 1. The lowest BCUT2D eigenvalue weighted by Gasteiger charge is -2.40. The second kappa shape index (κ2) is 4.84. The zero-order valence-electron chi connectivity index (χ0n) is 9.92. The van der Waals surface area contributed by atoms with Gasteiger partial charge in [-0.2, -0.15) is 0 Å². The Bertz CT molecular complexity index is 398. The van der Waals surface area contributed by atoms with Crippen LogP contribution in [0.4, 0.5) is 10.1 Å². The first-order valence-electron chi connectivity index (χ1n) is 5.88. The van der Waals surface area contributed by atoms with Crippen LogP contribution >= 0.6 is 0 Å². The van der Waals surface area contributed by atoms with E-state index >= 15 is 0 Å². The van der Waals surface area contributed by atoms with Crippen LogP contribution in [0.25, 0.3) is 0 Å².